The fourth-order valence-electron chi connectivity index (χ4n) is 4.62. The van der Waals surface area contributed by atoms with Crippen molar-refractivity contribution in [3.8, 4) is 11.1 Å². The van der Waals surface area contributed by atoms with Crippen LogP contribution in [-0.4, -0.2) is 29.0 Å². The molecule has 2 aliphatic rings. The van der Waals surface area contributed by atoms with Crippen molar-refractivity contribution in [3.05, 3.63) is 95.6 Å². The average Bonchev–Trinajstić information content (AvgIpc) is 3.23. The first-order chi connectivity index (χ1) is 14.1. The van der Waals surface area contributed by atoms with E-state index < -0.39 is 5.92 Å². The smallest absolute Gasteiger partial charge is 0.234 e. The number of amides is 2. The van der Waals surface area contributed by atoms with Crippen LogP contribution in [0.25, 0.3) is 11.1 Å². The Bertz CT molecular complexity index is 1090. The molecule has 0 spiro atoms. The molecule has 1 aliphatic heterocycles. The lowest BCUT2D eigenvalue weighted by Gasteiger charge is -2.20. The van der Waals surface area contributed by atoms with Crippen molar-refractivity contribution in [2.75, 3.05) is 6.54 Å². The van der Waals surface area contributed by atoms with Gasteiger partial charge in [0, 0.05) is 17.9 Å². The summed E-state index contributed by atoms with van der Waals surface area (Å²) < 4.78 is 0. The molecule has 0 N–H and O–H groups in total. The lowest BCUT2D eigenvalue weighted by molar-refractivity contribution is -0.138. The Labute approximate surface area is 168 Å². The van der Waals surface area contributed by atoms with Gasteiger partial charge in [-0.1, -0.05) is 78.9 Å². The van der Waals surface area contributed by atoms with Crippen molar-refractivity contribution in [1.82, 2.24) is 4.90 Å². The molecular weight excluding hydrogens is 362 g/mol. The van der Waals surface area contributed by atoms with E-state index in [1.54, 1.807) is 24.3 Å². The maximum Gasteiger partial charge on any atom is 0.234 e. The molecule has 29 heavy (non-hydrogen) atoms. The van der Waals surface area contributed by atoms with Crippen molar-refractivity contribution in [2.24, 2.45) is 5.92 Å². The standard InChI is InChI=1S/C25H19NO3/c27-22(16-8-2-1-3-9-16)15-26-23(28)14-21(25(26)29)24-19-12-6-4-10-17(19)18-11-5-7-13-20(18)24/h1-13,21,24H,14-15H2. The Morgan fingerprint density at radius 2 is 1.34 bits per heavy atom. The average molecular weight is 381 g/mol. The monoisotopic (exact) mass is 381 g/mol. The fourth-order valence-corrected chi connectivity index (χ4v) is 4.62. The van der Waals surface area contributed by atoms with E-state index in [1.165, 1.54) is 0 Å². The number of imide groups is 1. The van der Waals surface area contributed by atoms with Gasteiger partial charge in [-0.05, 0) is 22.3 Å². The van der Waals surface area contributed by atoms with Gasteiger partial charge < -0.3 is 0 Å². The zero-order valence-electron chi connectivity index (χ0n) is 15.7. The highest BCUT2D eigenvalue weighted by Gasteiger charge is 2.47. The third-order valence-electron chi connectivity index (χ3n) is 5.96. The third-order valence-corrected chi connectivity index (χ3v) is 5.96. The molecule has 5 rings (SSSR count). The van der Waals surface area contributed by atoms with Gasteiger partial charge in [0.25, 0.3) is 0 Å². The molecule has 142 valence electrons. The SMILES string of the molecule is O=C(CN1C(=O)CC(C2c3ccccc3-c3ccccc32)C1=O)c1ccccc1. The summed E-state index contributed by atoms with van der Waals surface area (Å²) in [6.07, 6.45) is 0.133. The van der Waals surface area contributed by atoms with Crippen LogP contribution in [0.5, 0.6) is 0 Å². The van der Waals surface area contributed by atoms with Crippen LogP contribution >= 0.6 is 0 Å². The maximum atomic E-state index is 13.2. The number of carbonyl (C=O) groups excluding carboxylic acids is 3. The van der Waals surface area contributed by atoms with Crippen LogP contribution in [0.15, 0.2) is 78.9 Å². The minimum Gasteiger partial charge on any atom is -0.292 e. The van der Waals surface area contributed by atoms with Crippen molar-refractivity contribution >= 4 is 17.6 Å². The topological polar surface area (TPSA) is 54.5 Å². The van der Waals surface area contributed by atoms with E-state index >= 15 is 0 Å². The molecule has 0 radical (unpaired) electrons. The van der Waals surface area contributed by atoms with E-state index in [-0.39, 0.29) is 36.5 Å². The summed E-state index contributed by atoms with van der Waals surface area (Å²) in [6, 6.07) is 24.9. The lowest BCUT2D eigenvalue weighted by Crippen LogP contribution is -2.36. The summed E-state index contributed by atoms with van der Waals surface area (Å²) in [7, 11) is 0. The third kappa shape index (κ3) is 2.80. The van der Waals surface area contributed by atoms with Crippen LogP contribution in [-0.2, 0) is 9.59 Å². The van der Waals surface area contributed by atoms with Gasteiger partial charge in [-0.3, -0.25) is 19.3 Å². The van der Waals surface area contributed by atoms with E-state index in [0.717, 1.165) is 27.2 Å². The minimum atomic E-state index is -0.476. The number of fused-ring (bicyclic) bond motifs is 3. The number of benzene rings is 3. The molecule has 1 saturated heterocycles. The Morgan fingerprint density at radius 1 is 0.793 bits per heavy atom. The summed E-state index contributed by atoms with van der Waals surface area (Å²) in [6.45, 7) is -0.200. The van der Waals surface area contributed by atoms with Crippen molar-refractivity contribution in [1.29, 1.82) is 0 Å². The number of Topliss-reactive ketones (excluding diaryl/α,β-unsaturated/α-hetero) is 1. The predicted molar refractivity (Wildman–Crippen MR) is 109 cm³/mol. The number of hydrogen-bond donors (Lipinski definition) is 0. The van der Waals surface area contributed by atoms with Crippen molar-refractivity contribution in [2.45, 2.75) is 12.3 Å². The highest BCUT2D eigenvalue weighted by Crippen LogP contribution is 2.50. The predicted octanol–water partition coefficient (Wildman–Crippen LogP) is 4.06. The number of ketones is 1. The molecular formula is C25H19NO3. The zero-order chi connectivity index (χ0) is 20.0. The normalized spacial score (nSPS) is 18.1. The maximum absolute atomic E-state index is 13.2. The molecule has 1 aliphatic carbocycles. The summed E-state index contributed by atoms with van der Waals surface area (Å²) in [5.41, 5.74) is 4.90. The molecule has 0 bridgehead atoms. The van der Waals surface area contributed by atoms with Crippen LogP contribution in [0, 0.1) is 5.92 Å². The van der Waals surface area contributed by atoms with E-state index in [0.29, 0.717) is 5.56 Å². The lowest BCUT2D eigenvalue weighted by atomic mass is 9.83. The second-order valence-corrected chi connectivity index (χ2v) is 7.57. The Kier molecular flexibility index (Phi) is 4.13. The molecule has 0 saturated carbocycles. The number of nitrogens with zero attached hydrogens (tertiary/aromatic N) is 1. The van der Waals surface area contributed by atoms with E-state index in [1.807, 2.05) is 42.5 Å². The van der Waals surface area contributed by atoms with Crippen LogP contribution in [0.2, 0.25) is 0 Å². The van der Waals surface area contributed by atoms with Gasteiger partial charge in [-0.2, -0.15) is 0 Å². The number of hydrogen-bond acceptors (Lipinski definition) is 3. The van der Waals surface area contributed by atoms with Crippen molar-refractivity contribution < 1.29 is 14.4 Å². The van der Waals surface area contributed by atoms with Crippen LogP contribution in [0.4, 0.5) is 0 Å². The summed E-state index contributed by atoms with van der Waals surface area (Å²) in [4.78, 5) is 39.7. The van der Waals surface area contributed by atoms with Gasteiger partial charge in [0.15, 0.2) is 5.78 Å². The second-order valence-electron chi connectivity index (χ2n) is 7.57. The summed E-state index contributed by atoms with van der Waals surface area (Å²) >= 11 is 0. The Hall–Kier alpha value is -3.53. The first kappa shape index (κ1) is 17.6. The quantitative estimate of drug-likeness (QED) is 0.506. The Balaban J connectivity index is 1.47. The molecule has 1 unspecified atom stereocenters. The minimum absolute atomic E-state index is 0.133. The second kappa shape index (κ2) is 6.82. The van der Waals surface area contributed by atoms with E-state index in [4.69, 9.17) is 0 Å². The molecule has 4 nitrogen and oxygen atoms in total. The van der Waals surface area contributed by atoms with Crippen LogP contribution < -0.4 is 0 Å². The van der Waals surface area contributed by atoms with Gasteiger partial charge >= 0.3 is 0 Å². The Morgan fingerprint density at radius 3 is 1.97 bits per heavy atom. The molecule has 2 amide bonds. The largest absolute Gasteiger partial charge is 0.292 e. The number of rotatable bonds is 4. The first-order valence-corrected chi connectivity index (χ1v) is 9.76. The fraction of sp³-hybridized carbons (Fsp3) is 0.160. The van der Waals surface area contributed by atoms with Gasteiger partial charge in [0.05, 0.1) is 12.5 Å². The van der Waals surface area contributed by atoms with Gasteiger partial charge in [0.1, 0.15) is 0 Å². The zero-order valence-corrected chi connectivity index (χ0v) is 15.7. The number of likely N-dealkylation sites (tertiary alicyclic amines) is 1. The molecule has 0 aromatic heterocycles. The van der Waals surface area contributed by atoms with E-state index in [9.17, 15) is 14.4 Å². The number of carbonyl (C=O) groups is 3. The molecule has 4 heteroatoms. The van der Waals surface area contributed by atoms with Gasteiger partial charge in [0.2, 0.25) is 11.8 Å². The van der Waals surface area contributed by atoms with Gasteiger partial charge in [-0.15, -0.1) is 0 Å². The van der Waals surface area contributed by atoms with Gasteiger partial charge in [-0.25, -0.2) is 0 Å². The molecule has 1 heterocycles. The molecule has 3 aromatic rings. The highest BCUT2D eigenvalue weighted by molar-refractivity contribution is 6.09. The van der Waals surface area contributed by atoms with Crippen molar-refractivity contribution in [3.63, 3.8) is 0 Å². The first-order valence-electron chi connectivity index (χ1n) is 9.76. The molecule has 1 atom stereocenters. The molecule has 3 aromatic carbocycles. The van der Waals surface area contributed by atoms with Crippen LogP contribution in [0.3, 0.4) is 0 Å². The highest BCUT2D eigenvalue weighted by atomic mass is 16.2. The van der Waals surface area contributed by atoms with E-state index in [2.05, 4.69) is 12.1 Å². The molecule has 1 fully saturated rings. The van der Waals surface area contributed by atoms with Crippen LogP contribution in [0.1, 0.15) is 33.8 Å². The summed E-state index contributed by atoms with van der Waals surface area (Å²) in [5.74, 6) is -1.38. The summed E-state index contributed by atoms with van der Waals surface area (Å²) in [5, 5.41) is 0.